The zero-order chi connectivity index (χ0) is 37.1. The van der Waals surface area contributed by atoms with Crippen LogP contribution in [0.5, 0.6) is 5.75 Å². The largest absolute Gasteiger partial charge is 0.491 e. The van der Waals surface area contributed by atoms with Crippen molar-refractivity contribution in [1.82, 2.24) is 14.7 Å². The number of esters is 1. The van der Waals surface area contributed by atoms with Gasteiger partial charge in [-0.05, 0) is 56.7 Å². The fourth-order valence-electron chi connectivity index (χ4n) is 6.59. The van der Waals surface area contributed by atoms with Crippen LogP contribution in [0.4, 0.5) is 0 Å². The van der Waals surface area contributed by atoms with Gasteiger partial charge in [-0.25, -0.2) is 4.79 Å². The fraction of sp³-hybridized carbons (Fsp3) is 0.722. The topological polar surface area (TPSA) is 176 Å². The highest BCUT2D eigenvalue weighted by Gasteiger charge is 2.40. The van der Waals surface area contributed by atoms with E-state index in [1.165, 1.54) is 7.11 Å². The second kappa shape index (κ2) is 22.6. The molecule has 15 heteroatoms. The molecule has 2 fully saturated rings. The van der Waals surface area contributed by atoms with Crippen LogP contribution in [0.25, 0.3) is 0 Å². The van der Waals surface area contributed by atoms with Crippen molar-refractivity contribution in [3.05, 3.63) is 29.8 Å². The third kappa shape index (κ3) is 16.7. The van der Waals surface area contributed by atoms with Gasteiger partial charge in [0.2, 0.25) is 0 Å². The Kier molecular flexibility index (Phi) is 18.6. The number of carboxylic acid groups (broad SMARTS) is 3. The maximum atomic E-state index is 12.8. The lowest BCUT2D eigenvalue weighted by molar-refractivity contribution is -0.922. The SMILES string of the molecule is CCOCCOCCOc1ccc(CCCC(C(=O)O)N2CCN(CC(=O)O)CCN(CC(=O)O)CC[N+](CC(=O)OC)(CC3CC3)CC2)cc1. The van der Waals surface area contributed by atoms with Gasteiger partial charge in [0, 0.05) is 51.8 Å². The van der Waals surface area contributed by atoms with Crippen LogP contribution >= 0.6 is 0 Å². The number of aliphatic carboxylic acids is 3. The minimum Gasteiger partial charge on any atom is -0.491 e. The van der Waals surface area contributed by atoms with Crippen molar-refractivity contribution in [2.24, 2.45) is 5.92 Å². The lowest BCUT2D eigenvalue weighted by Gasteiger charge is -2.42. The van der Waals surface area contributed by atoms with Crippen LogP contribution in [-0.2, 0) is 39.8 Å². The Morgan fingerprint density at radius 2 is 1.43 bits per heavy atom. The number of hydrogen-bond donors (Lipinski definition) is 3. The van der Waals surface area contributed by atoms with Gasteiger partial charge in [0.25, 0.3) is 0 Å². The Bertz CT molecular complexity index is 1220. The van der Waals surface area contributed by atoms with E-state index in [0.29, 0.717) is 115 Å². The van der Waals surface area contributed by atoms with E-state index in [0.717, 1.165) is 30.7 Å². The molecule has 1 aromatic carbocycles. The molecule has 288 valence electrons. The molecule has 0 radical (unpaired) electrons. The molecular weight excluding hydrogens is 664 g/mol. The van der Waals surface area contributed by atoms with E-state index in [1.807, 2.05) is 36.1 Å². The molecule has 3 rings (SSSR count). The number of ether oxygens (including phenoxy) is 4. The second-order valence-electron chi connectivity index (χ2n) is 13.6. The van der Waals surface area contributed by atoms with Gasteiger partial charge in [0.1, 0.15) is 18.4 Å². The fourth-order valence-corrected chi connectivity index (χ4v) is 6.59. The molecule has 2 aliphatic rings. The Morgan fingerprint density at radius 1 is 0.824 bits per heavy atom. The van der Waals surface area contributed by atoms with Crippen molar-refractivity contribution in [2.75, 3.05) is 119 Å². The van der Waals surface area contributed by atoms with Gasteiger partial charge < -0.3 is 38.8 Å². The summed E-state index contributed by atoms with van der Waals surface area (Å²) in [4.78, 5) is 54.5. The van der Waals surface area contributed by atoms with Gasteiger partial charge in [0.15, 0.2) is 6.54 Å². The van der Waals surface area contributed by atoms with Crippen molar-refractivity contribution < 1.29 is 57.9 Å². The maximum Gasteiger partial charge on any atom is 0.361 e. The van der Waals surface area contributed by atoms with Crippen molar-refractivity contribution in [1.29, 1.82) is 0 Å². The molecule has 0 amide bonds. The van der Waals surface area contributed by atoms with Crippen molar-refractivity contribution >= 4 is 23.9 Å². The van der Waals surface area contributed by atoms with E-state index in [1.54, 1.807) is 9.80 Å². The minimum absolute atomic E-state index is 0.116. The van der Waals surface area contributed by atoms with E-state index in [4.69, 9.17) is 18.9 Å². The van der Waals surface area contributed by atoms with Gasteiger partial charge in [-0.1, -0.05) is 12.1 Å². The Hall–Kier alpha value is -3.34. The Morgan fingerprint density at radius 3 is 2.04 bits per heavy atom. The predicted molar refractivity (Wildman–Crippen MR) is 188 cm³/mol. The van der Waals surface area contributed by atoms with Crippen LogP contribution in [0, 0.1) is 5.92 Å². The summed E-state index contributed by atoms with van der Waals surface area (Å²) in [5, 5.41) is 29.7. The lowest BCUT2D eigenvalue weighted by atomic mass is 10.0. The second-order valence-corrected chi connectivity index (χ2v) is 13.6. The molecule has 15 nitrogen and oxygen atoms in total. The Labute approximate surface area is 301 Å². The molecule has 0 spiro atoms. The van der Waals surface area contributed by atoms with Gasteiger partial charge in [-0.15, -0.1) is 0 Å². The first kappa shape index (κ1) is 42.1. The smallest absolute Gasteiger partial charge is 0.361 e. The molecule has 2 atom stereocenters. The predicted octanol–water partition coefficient (Wildman–Crippen LogP) is 1.38. The zero-order valence-corrected chi connectivity index (χ0v) is 30.4. The molecule has 2 unspecified atom stereocenters. The summed E-state index contributed by atoms with van der Waals surface area (Å²) in [6, 6.07) is 6.94. The highest BCUT2D eigenvalue weighted by atomic mass is 16.5. The van der Waals surface area contributed by atoms with E-state index in [2.05, 4.69) is 0 Å². The molecule has 3 N–H and O–H groups in total. The molecule has 1 saturated carbocycles. The average molecular weight is 724 g/mol. The van der Waals surface area contributed by atoms with Crippen LogP contribution in [0.2, 0.25) is 0 Å². The monoisotopic (exact) mass is 723 g/mol. The van der Waals surface area contributed by atoms with Crippen molar-refractivity contribution in [3.63, 3.8) is 0 Å². The molecule has 1 heterocycles. The first-order valence-electron chi connectivity index (χ1n) is 18.2. The number of nitrogens with zero attached hydrogens (tertiary/aromatic N) is 4. The molecule has 0 bridgehead atoms. The number of carbonyl (C=O) groups excluding carboxylic acids is 1. The molecule has 1 aliphatic carbocycles. The van der Waals surface area contributed by atoms with Crippen LogP contribution in [0.1, 0.15) is 38.2 Å². The average Bonchev–Trinajstić information content (AvgIpc) is 3.91. The minimum atomic E-state index is -1.01. The van der Waals surface area contributed by atoms with Gasteiger partial charge in [-0.2, -0.15) is 0 Å². The van der Waals surface area contributed by atoms with E-state index in [9.17, 15) is 34.5 Å². The number of aryl methyl sites for hydroxylation is 1. The lowest BCUT2D eigenvalue weighted by Crippen LogP contribution is -2.60. The first-order chi connectivity index (χ1) is 24.5. The summed E-state index contributed by atoms with van der Waals surface area (Å²) >= 11 is 0. The first-order valence-corrected chi connectivity index (χ1v) is 18.2. The van der Waals surface area contributed by atoms with Gasteiger partial charge >= 0.3 is 23.9 Å². The number of hydrogen-bond acceptors (Lipinski definition) is 11. The van der Waals surface area contributed by atoms with E-state index >= 15 is 0 Å². The summed E-state index contributed by atoms with van der Waals surface area (Å²) in [6.07, 6.45) is 3.80. The maximum absolute atomic E-state index is 12.8. The highest BCUT2D eigenvalue weighted by molar-refractivity contribution is 5.73. The molecule has 1 saturated heterocycles. The van der Waals surface area contributed by atoms with Crippen molar-refractivity contribution in [2.45, 2.75) is 45.1 Å². The molecule has 1 aliphatic heterocycles. The standard InChI is InChI=1S/C36H58N4O11/c1-3-49-21-22-50-23-24-51-31-11-9-29(10-12-31)5-4-6-32(36(46)47)39-16-15-37(25-33(41)42)13-14-38(26-34(43)44)17-19-40(20-18-39,27-30-7-8-30)28-35(45)48-2/h9-12,30,32H,3-8,13-28H2,1-2H3,(H2-,41,42,43,44,46,47)/p+1. The number of carbonyl (C=O) groups is 4. The number of quaternary nitrogens is 1. The molecule has 0 aromatic heterocycles. The Balaban J connectivity index is 1.71. The zero-order valence-electron chi connectivity index (χ0n) is 30.4. The normalized spacial score (nSPS) is 20.5. The third-order valence-corrected chi connectivity index (χ3v) is 9.61. The third-order valence-electron chi connectivity index (χ3n) is 9.61. The van der Waals surface area contributed by atoms with Crippen LogP contribution < -0.4 is 4.74 Å². The number of benzene rings is 1. The van der Waals surface area contributed by atoms with Gasteiger partial charge in [0.05, 0.1) is 59.7 Å². The quantitative estimate of drug-likeness (QED) is 0.0889. The summed E-state index contributed by atoms with van der Waals surface area (Å²) < 4.78 is 22.0. The van der Waals surface area contributed by atoms with Crippen LogP contribution in [0.15, 0.2) is 24.3 Å². The number of methoxy groups -OCH3 is 1. The number of rotatable bonds is 22. The summed E-state index contributed by atoms with van der Waals surface area (Å²) in [7, 11) is 1.36. The van der Waals surface area contributed by atoms with Crippen LogP contribution in [-0.4, -0.2) is 183 Å². The van der Waals surface area contributed by atoms with Gasteiger partial charge in [-0.3, -0.25) is 29.1 Å². The molecule has 1 aromatic rings. The van der Waals surface area contributed by atoms with E-state index in [-0.39, 0.29) is 25.6 Å². The van der Waals surface area contributed by atoms with E-state index < -0.39 is 23.9 Å². The summed E-state index contributed by atoms with van der Waals surface area (Å²) in [6.45, 7) is 7.96. The summed E-state index contributed by atoms with van der Waals surface area (Å²) in [5.41, 5.74) is 1.06. The molecular formula is C36H59N4O11+. The highest BCUT2D eigenvalue weighted by Crippen LogP contribution is 2.32. The van der Waals surface area contributed by atoms with Crippen molar-refractivity contribution in [3.8, 4) is 5.75 Å². The molecule has 51 heavy (non-hydrogen) atoms. The number of carboxylic acids is 3. The summed E-state index contributed by atoms with van der Waals surface area (Å²) in [5.74, 6) is -2.11. The van der Waals surface area contributed by atoms with Crippen LogP contribution in [0.3, 0.4) is 0 Å².